The smallest absolute Gasteiger partial charge is 0.000977 e. The van der Waals surface area contributed by atoms with Crippen LogP contribution in [0.1, 0.15) is 129 Å². The van der Waals surface area contributed by atoms with E-state index in [1.165, 1.54) is 122 Å². The molecule has 28 heavy (non-hydrogen) atoms. The van der Waals surface area contributed by atoms with Gasteiger partial charge in [-0.2, -0.15) is 0 Å². The van der Waals surface area contributed by atoms with E-state index in [-0.39, 0.29) is 0 Å². The van der Waals surface area contributed by atoms with Gasteiger partial charge in [-0.25, -0.2) is 0 Å². The van der Waals surface area contributed by atoms with Gasteiger partial charge in [-0.1, -0.05) is 103 Å². The van der Waals surface area contributed by atoms with Crippen molar-refractivity contribution in [1.82, 2.24) is 4.90 Å². The van der Waals surface area contributed by atoms with E-state index >= 15 is 0 Å². The van der Waals surface area contributed by atoms with E-state index in [1.807, 2.05) is 0 Å². The first kappa shape index (κ1) is 27.7. The van der Waals surface area contributed by atoms with Crippen molar-refractivity contribution in [3.63, 3.8) is 0 Å². The molecule has 0 aromatic carbocycles. The van der Waals surface area contributed by atoms with Crippen molar-refractivity contribution in [2.45, 2.75) is 129 Å². The second-order valence-corrected chi connectivity index (χ2v) is 8.80. The van der Waals surface area contributed by atoms with Gasteiger partial charge in [-0.05, 0) is 65.2 Å². The van der Waals surface area contributed by atoms with E-state index in [0.717, 1.165) is 19.5 Å². The minimum absolute atomic E-state index is 0.820. The third kappa shape index (κ3) is 23.7. The first-order valence-corrected chi connectivity index (χ1v) is 12.8. The summed E-state index contributed by atoms with van der Waals surface area (Å²) in [6.07, 6.45) is 31.3. The third-order valence-electron chi connectivity index (χ3n) is 5.80. The summed E-state index contributed by atoms with van der Waals surface area (Å²) in [7, 11) is 2.22. The van der Waals surface area contributed by atoms with Crippen LogP contribution >= 0.6 is 0 Å². The fourth-order valence-corrected chi connectivity index (χ4v) is 3.81. The molecular weight excluding hydrogens is 340 g/mol. The van der Waals surface area contributed by atoms with Crippen molar-refractivity contribution in [3.8, 4) is 0 Å². The van der Waals surface area contributed by atoms with Gasteiger partial charge in [0.15, 0.2) is 0 Å². The predicted octanol–water partition coefficient (Wildman–Crippen LogP) is 7.86. The Morgan fingerprint density at radius 2 is 0.929 bits per heavy atom. The van der Waals surface area contributed by atoms with Crippen molar-refractivity contribution in [2.75, 3.05) is 26.7 Å². The Morgan fingerprint density at radius 1 is 0.536 bits per heavy atom. The molecule has 2 nitrogen and oxygen atoms in total. The maximum absolute atomic E-state index is 5.55. The molecule has 0 spiro atoms. The summed E-state index contributed by atoms with van der Waals surface area (Å²) in [5.41, 5.74) is 5.55. The molecule has 0 radical (unpaired) electrons. The highest BCUT2D eigenvalue weighted by Gasteiger charge is 1.97. The molecule has 0 heterocycles. The molecule has 2 N–H and O–H groups in total. The van der Waals surface area contributed by atoms with Crippen LogP contribution in [-0.4, -0.2) is 31.6 Å². The first-order valence-electron chi connectivity index (χ1n) is 12.8. The molecule has 0 bridgehead atoms. The topological polar surface area (TPSA) is 29.3 Å². The molecule has 0 unspecified atom stereocenters. The lowest BCUT2D eigenvalue weighted by Crippen LogP contribution is -2.22. The van der Waals surface area contributed by atoms with Gasteiger partial charge in [0.1, 0.15) is 0 Å². The van der Waals surface area contributed by atoms with Crippen molar-refractivity contribution in [1.29, 1.82) is 0 Å². The van der Waals surface area contributed by atoms with E-state index in [1.54, 1.807) is 0 Å². The van der Waals surface area contributed by atoms with Crippen LogP contribution in [-0.2, 0) is 0 Å². The zero-order chi connectivity index (χ0) is 20.5. The van der Waals surface area contributed by atoms with E-state index in [0.29, 0.717) is 0 Å². The van der Waals surface area contributed by atoms with Gasteiger partial charge in [0.2, 0.25) is 0 Å². The Balaban J connectivity index is 3.11. The number of rotatable bonds is 23. The number of hydrogen-bond acceptors (Lipinski definition) is 2. The molecule has 0 aliphatic rings. The van der Waals surface area contributed by atoms with Crippen LogP contribution in [0.4, 0.5) is 0 Å². The highest BCUT2D eigenvalue weighted by Crippen LogP contribution is 2.12. The van der Waals surface area contributed by atoms with Crippen molar-refractivity contribution >= 4 is 0 Å². The van der Waals surface area contributed by atoms with Crippen molar-refractivity contribution < 1.29 is 0 Å². The monoisotopic (exact) mass is 394 g/mol. The van der Waals surface area contributed by atoms with Crippen LogP contribution in [0, 0.1) is 0 Å². The predicted molar refractivity (Wildman–Crippen MR) is 129 cm³/mol. The van der Waals surface area contributed by atoms with Gasteiger partial charge >= 0.3 is 0 Å². The van der Waals surface area contributed by atoms with E-state index in [9.17, 15) is 0 Å². The molecule has 0 rings (SSSR count). The fourth-order valence-electron chi connectivity index (χ4n) is 3.81. The van der Waals surface area contributed by atoms with Gasteiger partial charge in [-0.15, -0.1) is 0 Å². The average Bonchev–Trinajstić information content (AvgIpc) is 2.70. The highest BCUT2D eigenvalue weighted by atomic mass is 15.1. The summed E-state index contributed by atoms with van der Waals surface area (Å²) in [6.45, 7) is 5.51. The molecule has 0 saturated heterocycles. The lowest BCUT2D eigenvalue weighted by atomic mass is 10.1. The second-order valence-electron chi connectivity index (χ2n) is 8.80. The Hall–Kier alpha value is -0.340. The Kier molecular flexibility index (Phi) is 24.4. The summed E-state index contributed by atoms with van der Waals surface area (Å²) in [4.78, 5) is 2.43. The minimum Gasteiger partial charge on any atom is -0.330 e. The zero-order valence-corrected chi connectivity index (χ0v) is 19.7. The molecular formula is C26H54N2. The average molecular weight is 395 g/mol. The van der Waals surface area contributed by atoms with Gasteiger partial charge in [0, 0.05) is 0 Å². The van der Waals surface area contributed by atoms with Gasteiger partial charge in [0.25, 0.3) is 0 Å². The summed E-state index contributed by atoms with van der Waals surface area (Å²) in [6, 6.07) is 0. The van der Waals surface area contributed by atoms with Crippen molar-refractivity contribution in [2.24, 2.45) is 5.73 Å². The maximum Gasteiger partial charge on any atom is -0.000977 e. The fraction of sp³-hybridized carbons (Fsp3) is 0.923. The molecule has 0 amide bonds. The summed E-state index contributed by atoms with van der Waals surface area (Å²) >= 11 is 0. The highest BCUT2D eigenvalue weighted by molar-refractivity contribution is 4.81. The Bertz CT molecular complexity index is 301. The maximum atomic E-state index is 5.55. The largest absolute Gasteiger partial charge is 0.330 e. The second kappa shape index (κ2) is 24.7. The molecule has 0 atom stereocenters. The van der Waals surface area contributed by atoms with E-state index in [2.05, 4.69) is 31.0 Å². The third-order valence-corrected chi connectivity index (χ3v) is 5.80. The van der Waals surface area contributed by atoms with Crippen LogP contribution in [0.2, 0.25) is 0 Å². The normalized spacial score (nSPS) is 11.9. The summed E-state index contributed by atoms with van der Waals surface area (Å²) in [5.74, 6) is 0. The molecule has 0 saturated carbocycles. The van der Waals surface area contributed by atoms with Gasteiger partial charge < -0.3 is 10.6 Å². The van der Waals surface area contributed by atoms with Crippen LogP contribution < -0.4 is 5.73 Å². The molecule has 168 valence electrons. The molecule has 0 aliphatic heterocycles. The molecule has 2 heteroatoms. The lowest BCUT2D eigenvalue weighted by molar-refractivity contribution is 0.321. The zero-order valence-electron chi connectivity index (χ0n) is 19.7. The number of nitrogens with zero attached hydrogens (tertiary/aromatic N) is 1. The van der Waals surface area contributed by atoms with Crippen molar-refractivity contribution in [3.05, 3.63) is 12.2 Å². The minimum atomic E-state index is 0.820. The van der Waals surface area contributed by atoms with Crippen LogP contribution in [0.3, 0.4) is 0 Å². The SMILES string of the molecule is CCCCCCCC/C=C\CCCCCCCCCCCCN(C)CCCN. The van der Waals surface area contributed by atoms with E-state index in [4.69, 9.17) is 5.73 Å². The number of allylic oxidation sites excluding steroid dienone is 2. The van der Waals surface area contributed by atoms with E-state index < -0.39 is 0 Å². The first-order chi connectivity index (χ1) is 13.8. The number of unbranched alkanes of at least 4 members (excludes halogenated alkanes) is 16. The Labute approximate surface area is 178 Å². The van der Waals surface area contributed by atoms with Crippen LogP contribution in [0.15, 0.2) is 12.2 Å². The number of hydrogen-bond donors (Lipinski definition) is 1. The summed E-state index contributed by atoms with van der Waals surface area (Å²) in [5, 5.41) is 0. The summed E-state index contributed by atoms with van der Waals surface area (Å²) < 4.78 is 0. The Morgan fingerprint density at radius 3 is 1.39 bits per heavy atom. The van der Waals surface area contributed by atoms with Gasteiger partial charge in [0.05, 0.1) is 0 Å². The molecule has 0 fully saturated rings. The number of nitrogens with two attached hydrogens (primary N) is 1. The quantitative estimate of drug-likeness (QED) is 0.141. The van der Waals surface area contributed by atoms with Crippen LogP contribution in [0.5, 0.6) is 0 Å². The van der Waals surface area contributed by atoms with Crippen LogP contribution in [0.25, 0.3) is 0 Å². The lowest BCUT2D eigenvalue weighted by Gasteiger charge is -2.15. The standard InChI is InChI=1S/C26H54N2/c1-3-4-5-6-7-8-9-10-11-12-13-14-15-16-17-18-19-20-21-22-25-28(2)26-23-24-27/h10-11H,3-9,12-27H2,1-2H3/b11-10-. The molecule has 0 aromatic rings. The van der Waals surface area contributed by atoms with Gasteiger partial charge in [-0.3, -0.25) is 0 Å². The molecule has 0 aromatic heterocycles. The molecule has 0 aliphatic carbocycles.